The number of nitrogens with zero attached hydrogens (tertiary/aromatic N) is 2. The summed E-state index contributed by atoms with van der Waals surface area (Å²) < 4.78 is 19.0. The predicted octanol–water partition coefficient (Wildman–Crippen LogP) is 4.04. The summed E-state index contributed by atoms with van der Waals surface area (Å²) in [6, 6.07) is 14.0. The van der Waals surface area contributed by atoms with E-state index in [1.165, 1.54) is 12.1 Å². The van der Waals surface area contributed by atoms with Crippen molar-refractivity contribution in [1.82, 2.24) is 4.90 Å². The highest BCUT2D eigenvalue weighted by atomic mass is 35.5. The fourth-order valence-electron chi connectivity index (χ4n) is 3.40. The molecule has 160 valence electrons. The summed E-state index contributed by atoms with van der Waals surface area (Å²) in [5.74, 6) is -0.288. The second-order valence-corrected chi connectivity index (χ2v) is 7.66. The first-order valence-electron chi connectivity index (χ1n) is 9.86. The van der Waals surface area contributed by atoms with Crippen LogP contribution >= 0.6 is 11.6 Å². The zero-order valence-electron chi connectivity index (χ0n) is 16.7. The number of halogens is 2. The standard InChI is InChI=1S/C23H26ClFN2O3/c1-2-10-29-16-19(28)14-27(13-17-6-5-7-18(25)11-17)15-20-12-23(26-30-20)21-8-3-4-9-22(21)24/h2-9,11,19-20,28H,1,10,12-16H2/t19-,20-/m1/s1. The Hall–Kier alpha value is -2.25. The summed E-state index contributed by atoms with van der Waals surface area (Å²) in [6.07, 6.45) is 1.36. The van der Waals surface area contributed by atoms with Gasteiger partial charge in [-0.3, -0.25) is 4.90 Å². The van der Waals surface area contributed by atoms with Gasteiger partial charge < -0.3 is 14.7 Å². The normalized spacial score (nSPS) is 16.9. The van der Waals surface area contributed by atoms with Crippen molar-refractivity contribution >= 4 is 17.3 Å². The number of aliphatic hydroxyl groups is 1. The summed E-state index contributed by atoms with van der Waals surface area (Å²) in [7, 11) is 0. The smallest absolute Gasteiger partial charge is 0.145 e. The minimum atomic E-state index is -0.691. The van der Waals surface area contributed by atoms with Crippen LogP contribution in [-0.2, 0) is 16.1 Å². The Morgan fingerprint density at radius 3 is 2.93 bits per heavy atom. The van der Waals surface area contributed by atoms with E-state index < -0.39 is 6.10 Å². The molecular weight excluding hydrogens is 407 g/mol. The first-order valence-corrected chi connectivity index (χ1v) is 10.2. The average molecular weight is 433 g/mol. The molecule has 7 heteroatoms. The molecule has 0 fully saturated rings. The van der Waals surface area contributed by atoms with Gasteiger partial charge in [-0.15, -0.1) is 6.58 Å². The van der Waals surface area contributed by atoms with Gasteiger partial charge >= 0.3 is 0 Å². The van der Waals surface area contributed by atoms with Gasteiger partial charge in [0.15, 0.2) is 0 Å². The molecule has 2 atom stereocenters. The fourth-order valence-corrected chi connectivity index (χ4v) is 3.65. The molecule has 3 rings (SSSR count). The molecule has 0 unspecified atom stereocenters. The number of ether oxygens (including phenoxy) is 1. The van der Waals surface area contributed by atoms with E-state index in [4.69, 9.17) is 21.2 Å². The molecule has 0 aliphatic carbocycles. The van der Waals surface area contributed by atoms with E-state index in [9.17, 15) is 9.50 Å². The van der Waals surface area contributed by atoms with E-state index in [0.29, 0.717) is 37.7 Å². The molecule has 1 aliphatic rings. The number of aliphatic hydroxyl groups excluding tert-OH is 1. The summed E-state index contributed by atoms with van der Waals surface area (Å²) in [5, 5.41) is 15.2. The number of benzene rings is 2. The molecule has 1 heterocycles. The molecule has 0 spiro atoms. The molecule has 0 aromatic heterocycles. The van der Waals surface area contributed by atoms with Crippen LogP contribution < -0.4 is 0 Å². The van der Waals surface area contributed by atoms with Gasteiger partial charge in [-0.1, -0.05) is 53.2 Å². The third-order valence-corrected chi connectivity index (χ3v) is 5.02. The highest BCUT2D eigenvalue weighted by Crippen LogP contribution is 2.23. The van der Waals surface area contributed by atoms with Crippen molar-refractivity contribution in [2.75, 3.05) is 26.3 Å². The SMILES string of the molecule is C=CCOC[C@H](O)CN(Cc1cccc(F)c1)C[C@H]1CC(c2ccccc2Cl)=NO1. The second-order valence-electron chi connectivity index (χ2n) is 7.25. The van der Waals surface area contributed by atoms with Gasteiger partial charge in [0.2, 0.25) is 0 Å². The maximum absolute atomic E-state index is 13.6. The lowest BCUT2D eigenvalue weighted by Gasteiger charge is -2.27. The summed E-state index contributed by atoms with van der Waals surface area (Å²) >= 11 is 6.27. The average Bonchev–Trinajstić information content (AvgIpc) is 3.16. The lowest BCUT2D eigenvalue weighted by Crippen LogP contribution is -2.39. The van der Waals surface area contributed by atoms with E-state index in [-0.39, 0.29) is 18.5 Å². The Bertz CT molecular complexity index is 877. The molecule has 0 saturated heterocycles. The number of hydrogen-bond donors (Lipinski definition) is 1. The van der Waals surface area contributed by atoms with Crippen LogP contribution in [0.4, 0.5) is 4.39 Å². The first-order chi connectivity index (χ1) is 14.5. The van der Waals surface area contributed by atoms with E-state index in [1.54, 1.807) is 12.1 Å². The van der Waals surface area contributed by atoms with Crippen LogP contribution in [0.3, 0.4) is 0 Å². The summed E-state index contributed by atoms with van der Waals surface area (Å²) in [6.45, 7) is 5.51. The van der Waals surface area contributed by atoms with Gasteiger partial charge in [0.25, 0.3) is 0 Å². The van der Waals surface area contributed by atoms with Gasteiger partial charge in [0.05, 0.1) is 25.0 Å². The highest BCUT2D eigenvalue weighted by Gasteiger charge is 2.26. The summed E-state index contributed by atoms with van der Waals surface area (Å²) in [4.78, 5) is 7.65. The molecule has 0 saturated carbocycles. The number of oxime groups is 1. The molecule has 2 aromatic carbocycles. The van der Waals surface area contributed by atoms with Crippen LogP contribution in [0.1, 0.15) is 17.5 Å². The number of hydrogen-bond acceptors (Lipinski definition) is 5. The topological polar surface area (TPSA) is 54.3 Å². The molecule has 5 nitrogen and oxygen atoms in total. The van der Waals surface area contributed by atoms with Gasteiger partial charge in [0, 0.05) is 36.6 Å². The molecule has 2 aromatic rings. The highest BCUT2D eigenvalue weighted by molar-refractivity contribution is 6.34. The molecular formula is C23H26ClFN2O3. The molecule has 0 radical (unpaired) electrons. The molecule has 1 aliphatic heterocycles. The van der Waals surface area contributed by atoms with E-state index in [1.807, 2.05) is 35.2 Å². The van der Waals surface area contributed by atoms with Crippen LogP contribution in [-0.4, -0.2) is 54.2 Å². The van der Waals surface area contributed by atoms with E-state index in [2.05, 4.69) is 11.7 Å². The van der Waals surface area contributed by atoms with E-state index in [0.717, 1.165) is 16.8 Å². The third kappa shape index (κ3) is 6.64. The largest absolute Gasteiger partial charge is 0.390 e. The van der Waals surface area contributed by atoms with Crippen molar-refractivity contribution in [1.29, 1.82) is 0 Å². The van der Waals surface area contributed by atoms with Gasteiger partial charge in [0.1, 0.15) is 11.9 Å². The Balaban J connectivity index is 1.63. The lowest BCUT2D eigenvalue weighted by atomic mass is 10.0. The maximum atomic E-state index is 13.6. The zero-order valence-corrected chi connectivity index (χ0v) is 17.5. The van der Waals surface area contributed by atoms with Crippen LogP contribution in [0.5, 0.6) is 0 Å². The Labute approximate surface area is 181 Å². The van der Waals surface area contributed by atoms with Crippen molar-refractivity contribution in [3.63, 3.8) is 0 Å². The maximum Gasteiger partial charge on any atom is 0.145 e. The van der Waals surface area contributed by atoms with Crippen molar-refractivity contribution in [3.05, 3.63) is 83.2 Å². The molecule has 0 amide bonds. The van der Waals surface area contributed by atoms with Crippen LogP contribution in [0.2, 0.25) is 5.02 Å². The quantitative estimate of drug-likeness (QED) is 0.430. The summed E-state index contributed by atoms with van der Waals surface area (Å²) in [5.41, 5.74) is 2.47. The van der Waals surface area contributed by atoms with Crippen molar-refractivity contribution in [3.8, 4) is 0 Å². The Morgan fingerprint density at radius 2 is 2.17 bits per heavy atom. The minimum absolute atomic E-state index is 0.189. The van der Waals surface area contributed by atoms with Gasteiger partial charge in [-0.25, -0.2) is 4.39 Å². The minimum Gasteiger partial charge on any atom is -0.390 e. The second kappa shape index (κ2) is 11.2. The Kier molecular flexibility index (Phi) is 8.39. The van der Waals surface area contributed by atoms with Crippen molar-refractivity contribution < 1.29 is 19.1 Å². The number of rotatable bonds is 11. The fraction of sp³-hybridized carbons (Fsp3) is 0.348. The Morgan fingerprint density at radius 1 is 1.33 bits per heavy atom. The predicted molar refractivity (Wildman–Crippen MR) is 116 cm³/mol. The van der Waals surface area contributed by atoms with Crippen LogP contribution in [0.25, 0.3) is 0 Å². The third-order valence-electron chi connectivity index (χ3n) is 4.69. The van der Waals surface area contributed by atoms with Gasteiger partial charge in [-0.2, -0.15) is 0 Å². The lowest BCUT2D eigenvalue weighted by molar-refractivity contribution is 0.00334. The van der Waals surface area contributed by atoms with Crippen molar-refractivity contribution in [2.45, 2.75) is 25.2 Å². The van der Waals surface area contributed by atoms with Crippen LogP contribution in [0, 0.1) is 5.82 Å². The van der Waals surface area contributed by atoms with Crippen LogP contribution in [0.15, 0.2) is 66.3 Å². The van der Waals surface area contributed by atoms with E-state index >= 15 is 0 Å². The monoisotopic (exact) mass is 432 g/mol. The molecule has 0 bridgehead atoms. The molecule has 30 heavy (non-hydrogen) atoms. The van der Waals surface area contributed by atoms with Crippen molar-refractivity contribution in [2.24, 2.45) is 5.16 Å². The molecule has 1 N–H and O–H groups in total. The first kappa shape index (κ1) is 22.4. The zero-order chi connectivity index (χ0) is 21.3. The van der Waals surface area contributed by atoms with Gasteiger partial charge in [-0.05, 0) is 23.8 Å².